The van der Waals surface area contributed by atoms with Crippen LogP contribution in [0.15, 0.2) is 0 Å². The van der Waals surface area contributed by atoms with E-state index in [2.05, 4.69) is 16.7 Å². The van der Waals surface area contributed by atoms with E-state index in [9.17, 15) is 98.3 Å². The Morgan fingerprint density at radius 1 is 0.457 bits per heavy atom. The maximum atomic E-state index is 12.5. The Balaban J connectivity index is 1.32. The summed E-state index contributed by atoms with van der Waals surface area (Å²) in [6.07, 6.45) is -46.2. The number of carbonyl (C=O) groups is 2. The summed E-state index contributed by atoms with van der Waals surface area (Å²) >= 11 is 0. The van der Waals surface area contributed by atoms with Crippen molar-refractivity contribution in [2.45, 2.75) is 155 Å². The monoisotopic (exact) mass is 1110 g/mol. The van der Waals surface area contributed by atoms with Gasteiger partial charge < -0.3 is 88.6 Å². The minimum absolute atomic E-state index is 0.496. The highest BCUT2D eigenvalue weighted by molar-refractivity contribution is 7.81. The van der Waals surface area contributed by atoms with Crippen LogP contribution in [0.2, 0.25) is 0 Å². The molecule has 70 heavy (non-hydrogen) atoms. The van der Waals surface area contributed by atoms with Crippen molar-refractivity contribution >= 4 is 53.5 Å². The van der Waals surface area contributed by atoms with Crippen LogP contribution in [-0.2, 0) is 111 Å². The zero-order valence-electron chi connectivity index (χ0n) is 34.9. The number of rotatable bonds is 21. The zero-order chi connectivity index (χ0) is 52.4. The van der Waals surface area contributed by atoms with Crippen LogP contribution in [0.5, 0.6) is 0 Å². The Kier molecular flexibility index (Phi) is 19.7. The summed E-state index contributed by atoms with van der Waals surface area (Å²) in [7, 11) is -21.3. The summed E-state index contributed by atoms with van der Waals surface area (Å²) in [4.78, 5) is 24.9. The third-order valence-corrected chi connectivity index (χ3v) is 12.4. The average Bonchev–Trinajstić information content (AvgIpc) is 3.21. The van der Waals surface area contributed by atoms with Crippen LogP contribution in [0.4, 0.5) is 0 Å². The second-order valence-corrected chi connectivity index (χ2v) is 19.9. The number of ether oxygens (including phenoxy) is 9. The molecule has 5 aliphatic rings. The maximum Gasteiger partial charge on any atom is 0.397 e. The second-order valence-electron chi connectivity index (χ2n) is 15.6. The average molecular weight is 1110 g/mol. The van der Waals surface area contributed by atoms with Crippen LogP contribution in [0.25, 0.3) is 0 Å². The molecule has 0 radical (unpaired) electrons. The van der Waals surface area contributed by atoms with E-state index in [-0.39, 0.29) is 0 Å². The van der Waals surface area contributed by atoms with Gasteiger partial charge in [-0.1, -0.05) is 0 Å². The molecular formula is C30H48O36S4. The van der Waals surface area contributed by atoms with Crippen molar-refractivity contribution in [1.29, 1.82) is 0 Å². The summed E-state index contributed by atoms with van der Waals surface area (Å²) in [5.41, 5.74) is 0. The fourth-order valence-electron chi connectivity index (χ4n) is 7.58. The molecular weight excluding hydrogens is 1060 g/mol. The summed E-state index contributed by atoms with van der Waals surface area (Å²) in [6.45, 7) is -3.54. The Hall–Kier alpha value is -2.22. The minimum Gasteiger partial charge on any atom is -0.479 e. The quantitative estimate of drug-likeness (QED) is 0.0475. The van der Waals surface area contributed by atoms with Crippen molar-refractivity contribution in [1.82, 2.24) is 0 Å². The summed E-state index contributed by atoms with van der Waals surface area (Å²) in [5.74, 6) is -3.91. The van der Waals surface area contributed by atoms with E-state index in [0.717, 1.165) is 0 Å². The Morgan fingerprint density at radius 2 is 0.957 bits per heavy atom. The molecule has 5 heterocycles. The lowest BCUT2D eigenvalue weighted by molar-refractivity contribution is -0.362. The molecule has 0 saturated carbocycles. The first-order chi connectivity index (χ1) is 32.2. The van der Waals surface area contributed by atoms with Crippen LogP contribution in [0, 0.1) is 0 Å². The molecule has 5 rings (SSSR count). The molecule has 0 spiro atoms. The van der Waals surface area contributed by atoms with Gasteiger partial charge >= 0.3 is 53.5 Å². The summed E-state index contributed by atoms with van der Waals surface area (Å²) < 4.78 is 194. The van der Waals surface area contributed by atoms with Gasteiger partial charge in [-0.3, -0.25) is 18.2 Å². The molecule has 7 unspecified atom stereocenters. The van der Waals surface area contributed by atoms with Gasteiger partial charge in [-0.2, -0.15) is 33.7 Å². The normalized spacial score (nSPS) is 41.4. The van der Waals surface area contributed by atoms with Crippen molar-refractivity contribution in [2.75, 3.05) is 19.8 Å². The highest BCUT2D eigenvalue weighted by Gasteiger charge is 2.56. The molecule has 0 aromatic carbocycles. The Labute approximate surface area is 394 Å². The van der Waals surface area contributed by atoms with Gasteiger partial charge in [0.05, 0.1) is 38.1 Å². The zero-order valence-corrected chi connectivity index (χ0v) is 38.2. The molecule has 0 aromatic rings. The molecule has 21 atom stereocenters. The highest BCUT2D eigenvalue weighted by Crippen LogP contribution is 2.36. The maximum absolute atomic E-state index is 12.5. The van der Waals surface area contributed by atoms with Gasteiger partial charge in [-0.15, -0.1) is 0 Å². The van der Waals surface area contributed by atoms with E-state index < -0.39 is 228 Å². The van der Waals surface area contributed by atoms with E-state index in [0.29, 0.717) is 0 Å². The van der Waals surface area contributed by atoms with E-state index >= 15 is 0 Å². The van der Waals surface area contributed by atoms with Gasteiger partial charge in [0.15, 0.2) is 49.8 Å². The van der Waals surface area contributed by atoms with Crippen LogP contribution >= 0.6 is 0 Å². The lowest BCUT2D eigenvalue weighted by atomic mass is 9.96. The molecule has 0 aliphatic carbocycles. The third kappa shape index (κ3) is 16.4. The number of aliphatic hydroxyl groups is 7. The van der Waals surface area contributed by atoms with Crippen LogP contribution in [-0.4, -0.2) is 259 Å². The van der Waals surface area contributed by atoms with E-state index in [4.69, 9.17) is 51.7 Å². The molecule has 408 valence electrons. The predicted molar refractivity (Wildman–Crippen MR) is 204 cm³/mol. The fourth-order valence-corrected chi connectivity index (χ4v) is 8.99. The Morgan fingerprint density at radius 3 is 1.50 bits per heavy atom. The van der Waals surface area contributed by atoms with E-state index in [1.54, 1.807) is 0 Å². The lowest BCUT2D eigenvalue weighted by Gasteiger charge is -2.47. The summed E-state index contributed by atoms with van der Waals surface area (Å²) in [5, 5.41) is 94.6. The van der Waals surface area contributed by atoms with Crippen molar-refractivity contribution in [3.63, 3.8) is 0 Å². The fraction of sp³-hybridized carbons (Fsp3) is 0.933. The smallest absolute Gasteiger partial charge is 0.397 e. The number of aliphatic carboxylic acids is 2. The number of hydrogen-bond acceptors (Lipinski definition) is 30. The first kappa shape index (κ1) is 58.7. The number of carboxylic acid groups (broad SMARTS) is 2. The van der Waals surface area contributed by atoms with Gasteiger partial charge in [0, 0.05) is 19.3 Å². The molecule has 5 aliphatic heterocycles. The molecule has 5 saturated heterocycles. The molecule has 36 nitrogen and oxygen atoms in total. The SMILES string of the molecule is O=C(O)C1O[C@@H](O[C@H]2CC[C@@H](O[C@@H]3C(C(=O)O)O[C@@H](O[C@@H]4C(COS(=O)(=O)O)O[C@H](O)C[C@H]4O)C(OS(=O)(=O)O)[C@H]3O)OC2COS(=O)(=O)O)C(O)[C@@H](O)[C@@H]1O[C@@H]1C[C@@H](O)[C@H](O)C(COS(=O)(=O)O)O1. The molecule has 40 heteroatoms. The first-order valence-electron chi connectivity index (χ1n) is 19.8. The lowest BCUT2D eigenvalue weighted by Crippen LogP contribution is -2.65. The van der Waals surface area contributed by atoms with Crippen LogP contribution in [0.1, 0.15) is 25.7 Å². The number of aliphatic hydroxyl groups excluding tert-OH is 7. The second kappa shape index (κ2) is 23.5. The predicted octanol–water partition coefficient (Wildman–Crippen LogP) is -8.31. The number of carboxylic acids is 2. The first-order valence-corrected chi connectivity index (χ1v) is 25.3. The topological polar surface area (TPSA) is 554 Å². The van der Waals surface area contributed by atoms with Gasteiger partial charge in [-0.05, 0) is 6.42 Å². The highest BCUT2D eigenvalue weighted by atomic mass is 32.3. The van der Waals surface area contributed by atoms with Gasteiger partial charge in [-0.25, -0.2) is 26.3 Å². The van der Waals surface area contributed by atoms with E-state index in [1.807, 2.05) is 0 Å². The molecule has 5 fully saturated rings. The van der Waals surface area contributed by atoms with Crippen molar-refractivity contribution < 1.29 is 167 Å². The standard InChI is InChI=1S/C30H48O36S4/c31-8-4-16(59-12(17(8)34)6-55-68(45,46)47)62-22-18(35)19(36)29(64-25(22)27(38)39)60-10-1-2-15(58-11(10)5-54-67(42,43)44)61-23-20(37)24(66-70(51,52)53)30(65-26(23)28(40)41)63-21-9(32)3-14(33)57-13(21)7-56-69(48,49)50/h8-26,29-37H,1-7H2,(H,38,39)(H,40,41)(H,42,43,44)(H,45,46,47)(H,48,49,50)(H,51,52,53)/t8-,9-,10+,11?,12?,13?,14+,15-,16-,17+,18-,19?,20+,21+,22+,23+,24?,25?,26?,29-,30-/m1/s1. The van der Waals surface area contributed by atoms with Crippen molar-refractivity contribution in [3.05, 3.63) is 0 Å². The van der Waals surface area contributed by atoms with Gasteiger partial charge in [0.25, 0.3) is 0 Å². The largest absolute Gasteiger partial charge is 0.479 e. The third-order valence-electron chi connectivity index (χ3n) is 10.6. The van der Waals surface area contributed by atoms with Crippen molar-refractivity contribution in [3.8, 4) is 0 Å². The molecule has 0 amide bonds. The van der Waals surface area contributed by atoms with Crippen molar-refractivity contribution in [2.24, 2.45) is 0 Å². The molecule has 13 N–H and O–H groups in total. The van der Waals surface area contributed by atoms with E-state index in [1.165, 1.54) is 0 Å². The minimum atomic E-state index is -5.67. The Bertz CT molecular complexity index is 2230. The van der Waals surface area contributed by atoms with Gasteiger partial charge in [0.1, 0.15) is 61.0 Å². The summed E-state index contributed by atoms with van der Waals surface area (Å²) in [6, 6.07) is 0. The molecule has 0 aromatic heterocycles. The number of hydrogen-bond donors (Lipinski definition) is 13. The van der Waals surface area contributed by atoms with Gasteiger partial charge in [0.2, 0.25) is 0 Å². The van der Waals surface area contributed by atoms with Crippen LogP contribution in [0.3, 0.4) is 0 Å². The molecule has 0 bridgehead atoms. The van der Waals surface area contributed by atoms with Crippen LogP contribution < -0.4 is 0 Å².